The Balaban J connectivity index is 2.26. The highest BCUT2D eigenvalue weighted by molar-refractivity contribution is 7.05. The predicted octanol–water partition coefficient (Wildman–Crippen LogP) is 2.33. The number of hydrogen-bond acceptors (Lipinski definition) is 2. The first-order valence-electron chi connectivity index (χ1n) is 8.36. The fourth-order valence-corrected chi connectivity index (χ4v) is 10.2. The van der Waals surface area contributed by atoms with Gasteiger partial charge in [-0.25, -0.2) is 0 Å². The summed E-state index contributed by atoms with van der Waals surface area (Å²) in [7, 11) is -2.50. The Bertz CT molecular complexity index is 609. The van der Waals surface area contributed by atoms with E-state index >= 15 is 0 Å². The first-order valence-corrected chi connectivity index (χ1v) is 10.4. The molecule has 122 valence electrons. The lowest BCUT2D eigenvalue weighted by atomic mass is 10.2. The van der Waals surface area contributed by atoms with Crippen LogP contribution in [-0.4, -0.2) is 30.1 Å². The quantitative estimate of drug-likeness (QED) is 0.847. The van der Waals surface area contributed by atoms with Gasteiger partial charge in [0.1, 0.15) is 0 Å². The number of rotatable bonds is 4. The number of aliphatic hydroxyl groups excluding tert-OH is 2. The molecule has 0 radical (unpaired) electrons. The van der Waals surface area contributed by atoms with E-state index in [-0.39, 0.29) is 17.1 Å². The molecule has 0 saturated heterocycles. The fourth-order valence-electron chi connectivity index (χ4n) is 4.08. The van der Waals surface area contributed by atoms with Gasteiger partial charge in [0.15, 0.2) is 8.07 Å². The van der Waals surface area contributed by atoms with Gasteiger partial charge in [-0.05, 0) is 11.5 Å². The molecule has 1 aliphatic rings. The van der Waals surface area contributed by atoms with Gasteiger partial charge in [-0.1, -0.05) is 91.8 Å². The van der Waals surface area contributed by atoms with Crippen molar-refractivity contribution in [3.8, 4) is 0 Å². The van der Waals surface area contributed by atoms with E-state index < -0.39 is 13.8 Å². The Morgan fingerprint density at radius 1 is 0.913 bits per heavy atom. The third-order valence-corrected chi connectivity index (χ3v) is 11.5. The Hall–Kier alpha value is -1.42. The minimum Gasteiger partial charge on any atom is -0.395 e. The molecule has 2 aromatic carbocycles. The lowest BCUT2D eigenvalue weighted by Crippen LogP contribution is -2.72. The summed E-state index contributed by atoms with van der Waals surface area (Å²) in [4.78, 5) is 0. The van der Waals surface area contributed by atoms with Crippen molar-refractivity contribution in [2.45, 2.75) is 44.1 Å². The molecule has 3 unspecified atom stereocenters. The van der Waals surface area contributed by atoms with Crippen LogP contribution in [0, 0.1) is 5.92 Å². The van der Waals surface area contributed by atoms with Gasteiger partial charge in [-0.15, -0.1) is 0 Å². The van der Waals surface area contributed by atoms with Crippen LogP contribution in [0.25, 0.3) is 0 Å². The van der Waals surface area contributed by atoms with Crippen LogP contribution in [0.15, 0.2) is 60.7 Å². The Morgan fingerprint density at radius 3 is 1.61 bits per heavy atom. The average molecular weight is 327 g/mol. The molecule has 2 nitrogen and oxygen atoms in total. The van der Waals surface area contributed by atoms with Gasteiger partial charge in [0, 0.05) is 5.92 Å². The molecule has 0 bridgehead atoms. The maximum absolute atomic E-state index is 11.4. The zero-order valence-corrected chi connectivity index (χ0v) is 15.1. The van der Waals surface area contributed by atoms with Crippen molar-refractivity contribution < 1.29 is 10.2 Å². The smallest absolute Gasteiger partial charge is 0.154 e. The van der Waals surface area contributed by atoms with Crippen LogP contribution < -0.4 is 10.4 Å². The Labute approximate surface area is 139 Å². The van der Waals surface area contributed by atoms with E-state index in [9.17, 15) is 10.2 Å². The largest absolute Gasteiger partial charge is 0.395 e. The molecule has 1 aliphatic carbocycles. The van der Waals surface area contributed by atoms with Crippen molar-refractivity contribution in [2.75, 3.05) is 0 Å². The van der Waals surface area contributed by atoms with E-state index in [1.807, 2.05) is 12.1 Å². The Morgan fingerprint density at radius 2 is 1.30 bits per heavy atom. The van der Waals surface area contributed by atoms with Crippen LogP contribution in [0.2, 0.25) is 5.04 Å². The molecule has 0 amide bonds. The third kappa shape index (κ3) is 2.67. The summed E-state index contributed by atoms with van der Waals surface area (Å²) < 4.78 is 0. The lowest BCUT2D eigenvalue weighted by molar-refractivity contribution is 0.174. The zero-order chi connectivity index (χ0) is 16.7. The molecule has 1 saturated carbocycles. The second-order valence-corrected chi connectivity index (χ2v) is 12.6. The van der Waals surface area contributed by atoms with Gasteiger partial charge in [-0.2, -0.15) is 0 Å². The van der Waals surface area contributed by atoms with E-state index in [2.05, 4.69) is 69.3 Å². The van der Waals surface area contributed by atoms with E-state index in [0.717, 1.165) is 0 Å². The van der Waals surface area contributed by atoms with E-state index in [0.29, 0.717) is 6.42 Å². The molecule has 0 heterocycles. The molecule has 3 heteroatoms. The van der Waals surface area contributed by atoms with Crippen LogP contribution in [0.4, 0.5) is 0 Å². The van der Waals surface area contributed by atoms with E-state index in [1.165, 1.54) is 10.4 Å². The second kappa shape index (κ2) is 5.89. The predicted molar refractivity (Wildman–Crippen MR) is 97.7 cm³/mol. The van der Waals surface area contributed by atoms with Crippen molar-refractivity contribution in [2.24, 2.45) is 5.92 Å². The minimum absolute atomic E-state index is 0.00121. The van der Waals surface area contributed by atoms with Crippen molar-refractivity contribution in [1.82, 2.24) is 0 Å². The van der Waals surface area contributed by atoms with Crippen LogP contribution >= 0.6 is 0 Å². The lowest BCUT2D eigenvalue weighted by Gasteiger charge is -2.47. The number of aliphatic hydroxyl groups is 2. The van der Waals surface area contributed by atoms with Crippen LogP contribution in [0.3, 0.4) is 0 Å². The molecule has 0 aromatic heterocycles. The van der Waals surface area contributed by atoms with Crippen molar-refractivity contribution in [1.29, 1.82) is 0 Å². The summed E-state index contributed by atoms with van der Waals surface area (Å²) in [5.41, 5.74) is -0.484. The zero-order valence-electron chi connectivity index (χ0n) is 14.1. The maximum atomic E-state index is 11.4. The van der Waals surface area contributed by atoms with Crippen molar-refractivity contribution in [3.63, 3.8) is 0 Å². The minimum atomic E-state index is -2.50. The highest BCUT2D eigenvalue weighted by Gasteiger charge is 2.59. The molecule has 0 spiro atoms. The molecule has 3 atom stereocenters. The SMILES string of the molecule is CC(C)(C)[Si](c1ccccc1)(c1ccccc1)C(O)C1CC1O. The van der Waals surface area contributed by atoms with Gasteiger partial charge in [0.2, 0.25) is 0 Å². The fraction of sp³-hybridized carbons (Fsp3) is 0.400. The standard InChI is InChI=1S/C20H26O2Si/c1-20(2,3)23(15-10-6-4-7-11-15,16-12-8-5-9-13-16)19(22)17-14-18(17)21/h4-13,17-19,21-22H,14H2,1-3H3. The van der Waals surface area contributed by atoms with Crippen molar-refractivity contribution >= 4 is 18.4 Å². The summed E-state index contributed by atoms with van der Waals surface area (Å²) in [5.74, 6) is 0.00121. The monoisotopic (exact) mass is 326 g/mol. The topological polar surface area (TPSA) is 40.5 Å². The third-order valence-electron chi connectivity index (χ3n) is 5.30. The molecular formula is C20H26O2Si. The number of hydrogen-bond donors (Lipinski definition) is 2. The van der Waals surface area contributed by atoms with Gasteiger partial charge in [0.05, 0.1) is 11.8 Å². The molecule has 3 rings (SSSR count). The maximum Gasteiger partial charge on any atom is 0.154 e. The highest BCUT2D eigenvalue weighted by atomic mass is 28.3. The number of benzene rings is 2. The van der Waals surface area contributed by atoms with Crippen LogP contribution in [0.5, 0.6) is 0 Å². The molecule has 1 fully saturated rings. The average Bonchev–Trinajstić information content (AvgIpc) is 3.25. The molecule has 23 heavy (non-hydrogen) atoms. The molecular weight excluding hydrogens is 300 g/mol. The van der Waals surface area contributed by atoms with Gasteiger partial charge < -0.3 is 10.2 Å². The van der Waals surface area contributed by atoms with Gasteiger partial charge >= 0.3 is 0 Å². The highest BCUT2D eigenvalue weighted by Crippen LogP contribution is 2.45. The van der Waals surface area contributed by atoms with Crippen LogP contribution in [0.1, 0.15) is 27.2 Å². The molecule has 2 aromatic rings. The van der Waals surface area contributed by atoms with E-state index in [4.69, 9.17) is 0 Å². The summed E-state index contributed by atoms with van der Waals surface area (Å²) in [6, 6.07) is 20.9. The second-order valence-electron chi connectivity index (χ2n) is 7.70. The van der Waals surface area contributed by atoms with Gasteiger partial charge in [0.25, 0.3) is 0 Å². The van der Waals surface area contributed by atoms with E-state index in [1.54, 1.807) is 0 Å². The summed E-state index contributed by atoms with van der Waals surface area (Å²) in [5, 5.41) is 23.8. The normalized spacial score (nSPS) is 22.7. The summed E-state index contributed by atoms with van der Waals surface area (Å²) in [6.45, 7) is 6.70. The Kier molecular flexibility index (Phi) is 4.21. The summed E-state index contributed by atoms with van der Waals surface area (Å²) in [6.07, 6.45) is 0.359. The van der Waals surface area contributed by atoms with Gasteiger partial charge in [-0.3, -0.25) is 0 Å². The molecule has 2 N–H and O–H groups in total. The van der Waals surface area contributed by atoms with Crippen molar-refractivity contribution in [3.05, 3.63) is 60.7 Å². The first kappa shape index (κ1) is 16.4. The molecule has 0 aliphatic heterocycles. The first-order chi connectivity index (χ1) is 10.9. The van der Waals surface area contributed by atoms with Crippen LogP contribution in [-0.2, 0) is 0 Å². The summed E-state index contributed by atoms with van der Waals surface area (Å²) >= 11 is 0.